The quantitative estimate of drug-likeness (QED) is 0.492. The number of phenols is 2. The average molecular weight is 352 g/mol. The normalized spacial score (nSPS) is 11.3. The molecular weight excluding hydrogens is 336 g/mol. The zero-order valence-corrected chi connectivity index (χ0v) is 14.4. The maximum Gasteiger partial charge on any atom is 0.193 e. The Morgan fingerprint density at radius 3 is 2.68 bits per heavy atom. The minimum atomic E-state index is -0.0692. The van der Waals surface area contributed by atoms with E-state index in [4.69, 9.17) is 0 Å². The summed E-state index contributed by atoms with van der Waals surface area (Å²) >= 11 is 4.44. The molecule has 0 aliphatic rings. The minimum absolute atomic E-state index is 0.0134. The molecule has 0 amide bonds. The van der Waals surface area contributed by atoms with Crippen LogP contribution in [0.4, 0.5) is 0 Å². The number of benzene rings is 2. The van der Waals surface area contributed by atoms with Gasteiger partial charge in [0.2, 0.25) is 0 Å². The fourth-order valence-corrected chi connectivity index (χ4v) is 3.31. The fourth-order valence-electron chi connectivity index (χ4n) is 3.06. The molecule has 0 radical (unpaired) electrons. The van der Waals surface area contributed by atoms with Crippen LogP contribution in [0.1, 0.15) is 6.92 Å². The first kappa shape index (κ1) is 15.6. The predicted octanol–water partition coefficient (Wildman–Crippen LogP) is 3.61. The molecule has 25 heavy (non-hydrogen) atoms. The van der Waals surface area contributed by atoms with Gasteiger partial charge in [-0.15, -0.1) is 22.8 Å². The van der Waals surface area contributed by atoms with Gasteiger partial charge in [-0.25, -0.2) is 0 Å². The number of phenolic OH excluding ortho intramolecular Hbond substituents is 2. The van der Waals surface area contributed by atoms with Crippen molar-refractivity contribution < 1.29 is 10.2 Å². The van der Waals surface area contributed by atoms with Crippen molar-refractivity contribution in [3.63, 3.8) is 0 Å². The Hall–Kier alpha value is -2.93. The fraction of sp³-hybridized carbons (Fsp3) is 0.111. The molecule has 2 aromatic carbocycles. The molecule has 0 atom stereocenters. The monoisotopic (exact) mass is 352 g/mol. The summed E-state index contributed by atoms with van der Waals surface area (Å²) in [4.78, 5) is 0. The van der Waals surface area contributed by atoms with Crippen molar-refractivity contribution in [3.05, 3.63) is 48.7 Å². The van der Waals surface area contributed by atoms with Gasteiger partial charge >= 0.3 is 0 Å². The third-order valence-corrected chi connectivity index (χ3v) is 4.53. The predicted molar refractivity (Wildman–Crippen MR) is 98.5 cm³/mol. The van der Waals surface area contributed by atoms with E-state index in [2.05, 4.69) is 40.4 Å². The summed E-state index contributed by atoms with van der Waals surface area (Å²) in [6.07, 6.45) is 2.04. The van der Waals surface area contributed by atoms with Gasteiger partial charge in [-0.3, -0.25) is 4.57 Å². The van der Waals surface area contributed by atoms with Crippen LogP contribution in [-0.2, 0) is 6.54 Å². The maximum absolute atomic E-state index is 10.2. The zero-order chi connectivity index (χ0) is 17.6. The number of hydrogen-bond donors (Lipinski definition) is 3. The number of rotatable bonds is 3. The van der Waals surface area contributed by atoms with Gasteiger partial charge in [0.15, 0.2) is 11.0 Å². The van der Waals surface area contributed by atoms with E-state index >= 15 is 0 Å². The Morgan fingerprint density at radius 1 is 1.08 bits per heavy atom. The number of hydrogen-bond acceptors (Lipinski definition) is 5. The standard InChI is InChI=1S/C18H16N4O2S/c1-2-21-9-8-12-14(21)4-3-5-15(12)22-17(19-20-18(22)25)13-7-6-11(23)10-16(13)24/h3-10,23-24H,2H2,1H3,(H,20,25). The summed E-state index contributed by atoms with van der Waals surface area (Å²) in [5, 5.41) is 29.4. The summed E-state index contributed by atoms with van der Waals surface area (Å²) < 4.78 is 3.94. The van der Waals surface area contributed by atoms with E-state index in [0.29, 0.717) is 16.5 Å². The number of thiol groups is 1. The second-order valence-corrected chi connectivity index (χ2v) is 6.07. The Kier molecular flexibility index (Phi) is 3.65. The van der Waals surface area contributed by atoms with Gasteiger partial charge in [0.05, 0.1) is 16.8 Å². The lowest BCUT2D eigenvalue weighted by Crippen LogP contribution is -2.00. The molecule has 0 saturated carbocycles. The van der Waals surface area contributed by atoms with Crippen LogP contribution >= 0.6 is 12.6 Å². The number of fused-ring (bicyclic) bond motifs is 1. The van der Waals surface area contributed by atoms with Gasteiger partial charge < -0.3 is 14.8 Å². The van der Waals surface area contributed by atoms with Crippen LogP contribution in [0.3, 0.4) is 0 Å². The number of aromatic hydroxyl groups is 2. The first-order valence-electron chi connectivity index (χ1n) is 7.85. The second-order valence-electron chi connectivity index (χ2n) is 5.67. The Labute approximate surface area is 149 Å². The summed E-state index contributed by atoms with van der Waals surface area (Å²) in [5.74, 6) is 0.375. The highest BCUT2D eigenvalue weighted by Gasteiger charge is 2.19. The van der Waals surface area contributed by atoms with E-state index in [9.17, 15) is 10.2 Å². The molecule has 0 bridgehead atoms. The molecule has 2 heterocycles. The number of aromatic nitrogens is 4. The molecule has 4 rings (SSSR count). The van der Waals surface area contributed by atoms with Crippen LogP contribution < -0.4 is 0 Å². The van der Waals surface area contributed by atoms with E-state index in [0.717, 1.165) is 23.1 Å². The first-order valence-corrected chi connectivity index (χ1v) is 8.30. The lowest BCUT2D eigenvalue weighted by Gasteiger charge is -2.11. The molecule has 7 heteroatoms. The van der Waals surface area contributed by atoms with Crippen molar-refractivity contribution >= 4 is 23.5 Å². The summed E-state index contributed by atoms with van der Waals surface area (Å²) in [7, 11) is 0. The zero-order valence-electron chi connectivity index (χ0n) is 13.5. The molecule has 0 saturated heterocycles. The maximum atomic E-state index is 10.2. The van der Waals surface area contributed by atoms with Crippen LogP contribution in [0.25, 0.3) is 28.0 Å². The molecule has 126 valence electrons. The highest BCUT2D eigenvalue weighted by molar-refractivity contribution is 7.80. The molecule has 0 aliphatic heterocycles. The van der Waals surface area contributed by atoms with Crippen LogP contribution in [0.5, 0.6) is 11.5 Å². The van der Waals surface area contributed by atoms with Gasteiger partial charge in [-0.2, -0.15) is 0 Å². The largest absolute Gasteiger partial charge is 0.508 e. The minimum Gasteiger partial charge on any atom is -0.508 e. The van der Waals surface area contributed by atoms with E-state index in [1.54, 1.807) is 10.6 Å². The molecule has 0 aliphatic carbocycles. The highest BCUT2D eigenvalue weighted by Crippen LogP contribution is 2.35. The molecule has 0 fully saturated rings. The molecule has 2 N–H and O–H groups in total. The highest BCUT2D eigenvalue weighted by atomic mass is 32.1. The van der Waals surface area contributed by atoms with Crippen LogP contribution in [0, 0.1) is 0 Å². The van der Waals surface area contributed by atoms with E-state index in [1.807, 2.05) is 24.4 Å². The Bertz CT molecular complexity index is 1080. The topological polar surface area (TPSA) is 76.1 Å². The van der Waals surface area contributed by atoms with Crippen LogP contribution in [0.15, 0.2) is 53.8 Å². The molecule has 4 aromatic rings. The second kappa shape index (κ2) is 5.86. The lowest BCUT2D eigenvalue weighted by molar-refractivity contribution is 0.451. The SMILES string of the molecule is CCn1ccc2c(-n3c(S)nnc3-c3ccc(O)cc3O)cccc21. The third kappa shape index (κ3) is 2.44. The first-order chi connectivity index (χ1) is 12.1. The van der Waals surface area contributed by atoms with Crippen molar-refractivity contribution in [2.24, 2.45) is 0 Å². The number of nitrogens with zero attached hydrogens (tertiary/aromatic N) is 4. The average Bonchev–Trinajstić information content (AvgIpc) is 3.18. The van der Waals surface area contributed by atoms with E-state index < -0.39 is 0 Å². The van der Waals surface area contributed by atoms with E-state index in [1.165, 1.54) is 12.1 Å². The van der Waals surface area contributed by atoms with Gasteiger partial charge in [-0.1, -0.05) is 6.07 Å². The lowest BCUT2D eigenvalue weighted by atomic mass is 10.1. The Morgan fingerprint density at radius 2 is 1.92 bits per heavy atom. The van der Waals surface area contributed by atoms with Crippen molar-refractivity contribution in [3.8, 4) is 28.6 Å². The summed E-state index contributed by atoms with van der Waals surface area (Å²) in [6, 6.07) is 12.4. The molecule has 6 nitrogen and oxygen atoms in total. The van der Waals surface area contributed by atoms with E-state index in [-0.39, 0.29) is 11.5 Å². The van der Waals surface area contributed by atoms with Crippen LogP contribution in [0.2, 0.25) is 0 Å². The van der Waals surface area contributed by atoms with Gasteiger partial charge in [0.1, 0.15) is 11.5 Å². The number of aryl methyl sites for hydroxylation is 1. The van der Waals surface area contributed by atoms with Crippen molar-refractivity contribution in [2.75, 3.05) is 0 Å². The summed E-state index contributed by atoms with van der Waals surface area (Å²) in [6.45, 7) is 2.96. The van der Waals surface area contributed by atoms with Gasteiger partial charge in [0.25, 0.3) is 0 Å². The molecular formula is C18H16N4O2S. The molecule has 2 aromatic heterocycles. The Balaban J connectivity index is 1.99. The van der Waals surface area contributed by atoms with Crippen molar-refractivity contribution in [2.45, 2.75) is 18.6 Å². The van der Waals surface area contributed by atoms with Gasteiger partial charge in [-0.05, 0) is 37.3 Å². The van der Waals surface area contributed by atoms with Crippen molar-refractivity contribution in [1.29, 1.82) is 0 Å². The van der Waals surface area contributed by atoms with Gasteiger partial charge in [0, 0.05) is 24.2 Å². The molecule has 0 unspecified atom stereocenters. The van der Waals surface area contributed by atoms with Crippen molar-refractivity contribution in [1.82, 2.24) is 19.3 Å². The third-order valence-electron chi connectivity index (χ3n) is 4.24. The molecule has 0 spiro atoms. The smallest absolute Gasteiger partial charge is 0.193 e. The summed E-state index contributed by atoms with van der Waals surface area (Å²) in [5.41, 5.74) is 2.45. The van der Waals surface area contributed by atoms with Crippen LogP contribution in [-0.4, -0.2) is 29.5 Å².